The van der Waals surface area contributed by atoms with Gasteiger partial charge in [0.15, 0.2) is 0 Å². The summed E-state index contributed by atoms with van der Waals surface area (Å²) in [5.74, 6) is 2.53. The largest absolute Gasteiger partial charge is 0.480 e. The third-order valence-electron chi connectivity index (χ3n) is 3.48. The highest BCUT2D eigenvalue weighted by Crippen LogP contribution is 2.29. The summed E-state index contributed by atoms with van der Waals surface area (Å²) in [5.41, 5.74) is 0. The SMILES string of the molecule is C#CCN(CC(=O)O)C1CCCC(CC)C1. The summed E-state index contributed by atoms with van der Waals surface area (Å²) < 4.78 is 0. The Kier molecular flexibility index (Phi) is 5.34. The van der Waals surface area contributed by atoms with E-state index in [1.165, 1.54) is 19.3 Å². The van der Waals surface area contributed by atoms with Crippen LogP contribution < -0.4 is 0 Å². The van der Waals surface area contributed by atoms with Crippen LogP contribution in [0.1, 0.15) is 39.0 Å². The standard InChI is InChI=1S/C13H21NO2/c1-3-8-14(10-13(15)16)12-7-5-6-11(4-2)9-12/h1,11-12H,4-10H2,2H3,(H,15,16). The number of carboxylic acid groups (broad SMARTS) is 1. The van der Waals surface area contributed by atoms with Crippen molar-refractivity contribution in [2.75, 3.05) is 13.1 Å². The minimum atomic E-state index is -0.783. The molecule has 1 N–H and O–H groups in total. The summed E-state index contributed by atoms with van der Waals surface area (Å²) in [7, 11) is 0. The van der Waals surface area contributed by atoms with Gasteiger partial charge in [0.2, 0.25) is 0 Å². The Bertz CT molecular complexity index is 270. The molecule has 1 fully saturated rings. The second-order valence-electron chi connectivity index (χ2n) is 4.60. The Morgan fingerprint density at radius 2 is 2.31 bits per heavy atom. The lowest BCUT2D eigenvalue weighted by atomic mass is 9.83. The quantitative estimate of drug-likeness (QED) is 0.724. The molecule has 0 aromatic heterocycles. The van der Waals surface area contributed by atoms with Crippen LogP contribution in [0.25, 0.3) is 0 Å². The van der Waals surface area contributed by atoms with Gasteiger partial charge in [-0.3, -0.25) is 9.69 Å². The van der Waals surface area contributed by atoms with E-state index < -0.39 is 5.97 Å². The first-order valence-electron chi connectivity index (χ1n) is 6.06. The topological polar surface area (TPSA) is 40.5 Å². The predicted molar refractivity (Wildman–Crippen MR) is 64.1 cm³/mol. The van der Waals surface area contributed by atoms with Crippen molar-refractivity contribution >= 4 is 5.97 Å². The summed E-state index contributed by atoms with van der Waals surface area (Å²) in [6.45, 7) is 2.73. The zero-order valence-electron chi connectivity index (χ0n) is 9.98. The molecule has 3 heteroatoms. The molecule has 16 heavy (non-hydrogen) atoms. The third kappa shape index (κ3) is 3.86. The van der Waals surface area contributed by atoms with Gasteiger partial charge in [-0.1, -0.05) is 32.1 Å². The average Bonchev–Trinajstić information content (AvgIpc) is 2.28. The summed E-state index contributed by atoms with van der Waals surface area (Å²) in [5, 5.41) is 8.85. The molecule has 1 aliphatic rings. The van der Waals surface area contributed by atoms with Crippen LogP contribution in [0.2, 0.25) is 0 Å². The van der Waals surface area contributed by atoms with Crippen LogP contribution in [-0.4, -0.2) is 35.1 Å². The van der Waals surface area contributed by atoms with Crippen molar-refractivity contribution in [1.82, 2.24) is 4.90 Å². The van der Waals surface area contributed by atoms with E-state index in [4.69, 9.17) is 11.5 Å². The van der Waals surface area contributed by atoms with Gasteiger partial charge in [-0.25, -0.2) is 0 Å². The van der Waals surface area contributed by atoms with Gasteiger partial charge in [-0.05, 0) is 18.8 Å². The molecular formula is C13H21NO2. The molecule has 2 atom stereocenters. The van der Waals surface area contributed by atoms with E-state index in [2.05, 4.69) is 12.8 Å². The molecule has 0 aliphatic heterocycles. The Balaban J connectivity index is 2.55. The number of hydrogen-bond donors (Lipinski definition) is 1. The molecular weight excluding hydrogens is 202 g/mol. The molecule has 1 saturated carbocycles. The maximum Gasteiger partial charge on any atom is 0.317 e. The fraction of sp³-hybridized carbons (Fsp3) is 0.769. The van der Waals surface area contributed by atoms with Gasteiger partial charge in [0.1, 0.15) is 0 Å². The van der Waals surface area contributed by atoms with Gasteiger partial charge < -0.3 is 5.11 Å². The highest BCUT2D eigenvalue weighted by Gasteiger charge is 2.26. The Hall–Kier alpha value is -1.01. The molecule has 1 aliphatic carbocycles. The number of carbonyl (C=O) groups is 1. The van der Waals surface area contributed by atoms with Crippen molar-refractivity contribution < 1.29 is 9.90 Å². The first-order valence-corrected chi connectivity index (χ1v) is 6.06. The number of carboxylic acids is 1. The van der Waals surface area contributed by atoms with Crippen molar-refractivity contribution in [2.45, 2.75) is 45.1 Å². The lowest BCUT2D eigenvalue weighted by Gasteiger charge is -2.35. The first kappa shape index (κ1) is 13.1. The van der Waals surface area contributed by atoms with Crippen LogP contribution in [0.5, 0.6) is 0 Å². The number of aliphatic carboxylic acids is 1. The van der Waals surface area contributed by atoms with Gasteiger partial charge in [-0.15, -0.1) is 6.42 Å². The number of nitrogens with zero attached hydrogens (tertiary/aromatic N) is 1. The van der Waals surface area contributed by atoms with Crippen LogP contribution in [0.15, 0.2) is 0 Å². The number of rotatable bonds is 5. The van der Waals surface area contributed by atoms with E-state index >= 15 is 0 Å². The van der Waals surface area contributed by atoms with Gasteiger partial charge in [-0.2, -0.15) is 0 Å². The Labute approximate surface area is 97.8 Å². The molecule has 2 unspecified atom stereocenters. The highest BCUT2D eigenvalue weighted by molar-refractivity contribution is 5.69. The first-order chi connectivity index (χ1) is 7.67. The lowest BCUT2D eigenvalue weighted by molar-refractivity contribution is -0.139. The summed E-state index contributed by atoms with van der Waals surface area (Å²) in [4.78, 5) is 12.7. The summed E-state index contributed by atoms with van der Waals surface area (Å²) in [6.07, 6.45) is 11.2. The average molecular weight is 223 g/mol. The van der Waals surface area contributed by atoms with E-state index in [1.807, 2.05) is 4.90 Å². The van der Waals surface area contributed by atoms with Gasteiger partial charge in [0, 0.05) is 6.04 Å². The molecule has 0 aromatic rings. The Morgan fingerprint density at radius 3 is 2.88 bits per heavy atom. The van der Waals surface area contributed by atoms with E-state index in [-0.39, 0.29) is 6.54 Å². The number of hydrogen-bond acceptors (Lipinski definition) is 2. The van der Waals surface area contributed by atoms with E-state index in [0.29, 0.717) is 12.6 Å². The molecule has 3 nitrogen and oxygen atoms in total. The van der Waals surface area contributed by atoms with Crippen molar-refractivity contribution in [3.05, 3.63) is 0 Å². The fourth-order valence-electron chi connectivity index (χ4n) is 2.57. The maximum atomic E-state index is 10.8. The zero-order valence-corrected chi connectivity index (χ0v) is 9.98. The predicted octanol–water partition coefficient (Wildman–Crippen LogP) is 1.97. The third-order valence-corrected chi connectivity index (χ3v) is 3.48. The minimum Gasteiger partial charge on any atom is -0.480 e. The number of terminal acetylenes is 1. The summed E-state index contributed by atoms with van der Waals surface area (Å²) >= 11 is 0. The zero-order chi connectivity index (χ0) is 12.0. The van der Waals surface area contributed by atoms with Gasteiger partial charge in [0.05, 0.1) is 13.1 Å². The molecule has 1 rings (SSSR count). The van der Waals surface area contributed by atoms with Crippen molar-refractivity contribution in [2.24, 2.45) is 5.92 Å². The molecule has 0 amide bonds. The van der Waals surface area contributed by atoms with Crippen LogP contribution in [0.3, 0.4) is 0 Å². The minimum absolute atomic E-state index is 0.0747. The van der Waals surface area contributed by atoms with Crippen molar-refractivity contribution in [1.29, 1.82) is 0 Å². The second-order valence-corrected chi connectivity index (χ2v) is 4.60. The van der Waals surface area contributed by atoms with Crippen LogP contribution in [-0.2, 0) is 4.79 Å². The lowest BCUT2D eigenvalue weighted by Crippen LogP contribution is -2.42. The van der Waals surface area contributed by atoms with Crippen LogP contribution >= 0.6 is 0 Å². The molecule has 0 spiro atoms. The molecule has 90 valence electrons. The molecule has 0 aromatic carbocycles. The summed E-state index contributed by atoms with van der Waals surface area (Å²) in [6, 6.07) is 0.367. The van der Waals surface area contributed by atoms with Crippen molar-refractivity contribution in [3.8, 4) is 12.3 Å². The molecule has 0 bridgehead atoms. The van der Waals surface area contributed by atoms with Crippen molar-refractivity contribution in [3.63, 3.8) is 0 Å². The monoisotopic (exact) mass is 223 g/mol. The van der Waals surface area contributed by atoms with Crippen LogP contribution in [0.4, 0.5) is 0 Å². The normalized spacial score (nSPS) is 25.3. The van der Waals surface area contributed by atoms with E-state index in [1.54, 1.807) is 0 Å². The Morgan fingerprint density at radius 1 is 1.56 bits per heavy atom. The second kappa shape index (κ2) is 6.55. The highest BCUT2D eigenvalue weighted by atomic mass is 16.4. The smallest absolute Gasteiger partial charge is 0.317 e. The maximum absolute atomic E-state index is 10.8. The van der Waals surface area contributed by atoms with Gasteiger partial charge >= 0.3 is 5.97 Å². The van der Waals surface area contributed by atoms with Crippen LogP contribution in [0, 0.1) is 18.3 Å². The van der Waals surface area contributed by atoms with Gasteiger partial charge in [0.25, 0.3) is 0 Å². The molecule has 0 saturated heterocycles. The molecule has 0 radical (unpaired) electrons. The fourth-order valence-corrected chi connectivity index (χ4v) is 2.57. The van der Waals surface area contributed by atoms with E-state index in [0.717, 1.165) is 18.8 Å². The molecule has 0 heterocycles. The van der Waals surface area contributed by atoms with E-state index in [9.17, 15) is 4.79 Å².